The van der Waals surface area contributed by atoms with E-state index in [1.54, 1.807) is 0 Å². The summed E-state index contributed by atoms with van der Waals surface area (Å²) in [5.41, 5.74) is 0. The zero-order valence-corrected chi connectivity index (χ0v) is 20.8. The van der Waals surface area contributed by atoms with E-state index in [1.807, 2.05) is 0 Å². The number of rotatable bonds is 26. The molecular formula is C27H50O5. The summed E-state index contributed by atoms with van der Waals surface area (Å²) >= 11 is 0. The Morgan fingerprint density at radius 2 is 1.06 bits per heavy atom. The average Bonchev–Trinajstić information content (AvgIpc) is 2.77. The molecular weight excluding hydrogens is 404 g/mol. The van der Waals surface area contributed by atoms with Gasteiger partial charge in [-0.25, -0.2) is 0 Å². The van der Waals surface area contributed by atoms with Gasteiger partial charge in [0.05, 0.1) is 0 Å². The average molecular weight is 455 g/mol. The lowest BCUT2D eigenvalue weighted by Crippen LogP contribution is -2.16. The summed E-state index contributed by atoms with van der Waals surface area (Å²) in [6.07, 6.45) is 25.2. The van der Waals surface area contributed by atoms with Crippen molar-refractivity contribution in [3.8, 4) is 0 Å². The summed E-state index contributed by atoms with van der Waals surface area (Å²) in [5.74, 6) is -0.792. The molecule has 0 rings (SSSR count). The predicted octanol–water partition coefficient (Wildman–Crippen LogP) is 7.27. The molecule has 0 aromatic carbocycles. The molecule has 0 atom stereocenters. The Labute approximate surface area is 197 Å². The van der Waals surface area contributed by atoms with Gasteiger partial charge >= 0.3 is 5.97 Å². The van der Waals surface area contributed by atoms with Crippen molar-refractivity contribution in [2.24, 2.45) is 0 Å². The highest BCUT2D eigenvalue weighted by Crippen LogP contribution is 2.10. The van der Waals surface area contributed by atoms with Gasteiger partial charge in [0.1, 0.15) is 13.2 Å². The number of hydrogen-bond acceptors (Lipinski definition) is 4. The molecule has 0 bridgehead atoms. The molecule has 0 radical (unpaired) electrons. The van der Waals surface area contributed by atoms with Gasteiger partial charge in [-0.1, -0.05) is 83.3 Å². The number of carboxylic acids is 1. The van der Waals surface area contributed by atoms with Gasteiger partial charge in [0.25, 0.3) is 0 Å². The molecule has 0 heterocycles. The van der Waals surface area contributed by atoms with Crippen LogP contribution in [0.1, 0.15) is 122 Å². The number of carbonyl (C=O) groups excluding carboxylic acids is 1. The second-order valence-corrected chi connectivity index (χ2v) is 8.79. The van der Waals surface area contributed by atoms with Gasteiger partial charge in [-0.15, -0.1) is 0 Å². The number of unbranched alkanes of at least 4 members (excludes halogenated alkanes) is 14. The Morgan fingerprint density at radius 3 is 1.56 bits per heavy atom. The van der Waals surface area contributed by atoms with E-state index >= 15 is 0 Å². The zero-order valence-electron chi connectivity index (χ0n) is 20.8. The second kappa shape index (κ2) is 26.1. The first-order valence-electron chi connectivity index (χ1n) is 13.2. The molecule has 0 aliphatic carbocycles. The standard InChI is InChI=1S/C27H50O5/c1-2-3-4-5-6-7-8-9-10-11-12-13-14-15-16-19-22-31-24-26(28)25-32-23-20-17-18-21-27(29)30/h9-10H,2-8,11-25H2,1H3,(H,29,30)/b10-9-. The minimum Gasteiger partial charge on any atom is -0.481 e. The normalized spacial score (nSPS) is 11.4. The summed E-state index contributed by atoms with van der Waals surface area (Å²) in [4.78, 5) is 22.0. The molecule has 0 aliphatic rings. The van der Waals surface area contributed by atoms with E-state index in [9.17, 15) is 9.59 Å². The maximum absolute atomic E-state index is 11.7. The summed E-state index contributed by atoms with van der Waals surface area (Å²) in [7, 11) is 0. The molecule has 1 N–H and O–H groups in total. The topological polar surface area (TPSA) is 72.8 Å². The molecule has 0 unspecified atom stereocenters. The highest BCUT2D eigenvalue weighted by molar-refractivity contribution is 5.80. The fourth-order valence-electron chi connectivity index (χ4n) is 3.52. The van der Waals surface area contributed by atoms with Gasteiger partial charge in [-0.3, -0.25) is 9.59 Å². The van der Waals surface area contributed by atoms with Gasteiger partial charge in [-0.2, -0.15) is 0 Å². The van der Waals surface area contributed by atoms with Crippen LogP contribution in [0.2, 0.25) is 0 Å². The first-order chi connectivity index (χ1) is 15.7. The van der Waals surface area contributed by atoms with Crippen LogP contribution in [0.15, 0.2) is 12.2 Å². The Hall–Kier alpha value is -1.20. The van der Waals surface area contributed by atoms with Crippen molar-refractivity contribution in [3.05, 3.63) is 12.2 Å². The monoisotopic (exact) mass is 454 g/mol. The van der Waals surface area contributed by atoms with E-state index in [-0.39, 0.29) is 25.4 Å². The largest absolute Gasteiger partial charge is 0.481 e. The van der Waals surface area contributed by atoms with E-state index in [4.69, 9.17) is 14.6 Å². The fraction of sp³-hybridized carbons (Fsp3) is 0.852. The first kappa shape index (κ1) is 30.8. The molecule has 5 heteroatoms. The molecule has 0 aromatic rings. The third kappa shape index (κ3) is 26.8. The van der Waals surface area contributed by atoms with Crippen LogP contribution >= 0.6 is 0 Å². The Bertz CT molecular complexity index is 447. The lowest BCUT2D eigenvalue weighted by Gasteiger charge is -2.05. The summed E-state index contributed by atoms with van der Waals surface area (Å²) in [6.45, 7) is 3.62. The maximum Gasteiger partial charge on any atom is 0.303 e. The number of carbonyl (C=O) groups is 2. The van der Waals surface area contributed by atoms with E-state index in [1.165, 1.54) is 77.0 Å². The predicted molar refractivity (Wildman–Crippen MR) is 132 cm³/mol. The number of ketones is 1. The minimum absolute atomic E-state index is 0.0277. The summed E-state index contributed by atoms with van der Waals surface area (Å²) in [5, 5.41) is 8.54. The van der Waals surface area contributed by atoms with E-state index in [0.29, 0.717) is 19.6 Å². The number of hydrogen-bond donors (Lipinski definition) is 1. The number of allylic oxidation sites excluding steroid dienone is 2. The number of Topliss-reactive ketones (excluding diaryl/α,β-unsaturated/α-hetero) is 1. The molecule has 0 aromatic heterocycles. The van der Waals surface area contributed by atoms with Crippen LogP contribution < -0.4 is 0 Å². The van der Waals surface area contributed by atoms with Gasteiger partial charge in [0.15, 0.2) is 5.78 Å². The van der Waals surface area contributed by atoms with Crippen LogP contribution in [0, 0.1) is 0 Å². The minimum atomic E-state index is -0.764. The molecule has 0 spiro atoms. The summed E-state index contributed by atoms with van der Waals surface area (Å²) in [6, 6.07) is 0. The Balaban J connectivity index is 3.20. The van der Waals surface area contributed by atoms with Crippen molar-refractivity contribution in [2.45, 2.75) is 122 Å². The molecule has 0 saturated carbocycles. The van der Waals surface area contributed by atoms with Crippen LogP contribution in [0.5, 0.6) is 0 Å². The highest BCUT2D eigenvalue weighted by atomic mass is 16.5. The maximum atomic E-state index is 11.7. The van der Waals surface area contributed by atoms with Crippen molar-refractivity contribution < 1.29 is 24.2 Å². The molecule has 0 aliphatic heterocycles. The third-order valence-corrected chi connectivity index (χ3v) is 5.51. The molecule has 0 amide bonds. The second-order valence-electron chi connectivity index (χ2n) is 8.79. The van der Waals surface area contributed by atoms with Crippen molar-refractivity contribution in [1.82, 2.24) is 0 Å². The number of ether oxygens (including phenoxy) is 2. The van der Waals surface area contributed by atoms with Crippen LogP contribution in [-0.2, 0) is 19.1 Å². The molecule has 32 heavy (non-hydrogen) atoms. The molecule has 0 fully saturated rings. The lowest BCUT2D eigenvalue weighted by atomic mass is 10.1. The van der Waals surface area contributed by atoms with Crippen molar-refractivity contribution >= 4 is 11.8 Å². The number of carboxylic acid groups (broad SMARTS) is 1. The Kier molecular flexibility index (Phi) is 25.1. The highest BCUT2D eigenvalue weighted by Gasteiger charge is 2.03. The SMILES string of the molecule is CCCCCCCC/C=C\CCCCCCCCOCC(=O)COCCCCCC(=O)O. The third-order valence-electron chi connectivity index (χ3n) is 5.51. The summed E-state index contributed by atoms with van der Waals surface area (Å²) < 4.78 is 10.7. The lowest BCUT2D eigenvalue weighted by molar-refractivity contribution is -0.137. The van der Waals surface area contributed by atoms with Crippen molar-refractivity contribution in [2.75, 3.05) is 26.4 Å². The first-order valence-corrected chi connectivity index (χ1v) is 13.2. The fourth-order valence-corrected chi connectivity index (χ4v) is 3.52. The Morgan fingerprint density at radius 1 is 0.625 bits per heavy atom. The van der Waals surface area contributed by atoms with Crippen LogP contribution in [0.3, 0.4) is 0 Å². The molecule has 188 valence electrons. The molecule has 5 nitrogen and oxygen atoms in total. The van der Waals surface area contributed by atoms with Crippen LogP contribution in [0.4, 0.5) is 0 Å². The smallest absolute Gasteiger partial charge is 0.303 e. The van der Waals surface area contributed by atoms with E-state index < -0.39 is 5.97 Å². The van der Waals surface area contributed by atoms with Gasteiger partial charge in [0, 0.05) is 19.6 Å². The van der Waals surface area contributed by atoms with E-state index in [2.05, 4.69) is 19.1 Å². The van der Waals surface area contributed by atoms with Crippen LogP contribution in [-0.4, -0.2) is 43.3 Å². The van der Waals surface area contributed by atoms with Gasteiger partial charge < -0.3 is 14.6 Å². The van der Waals surface area contributed by atoms with Crippen molar-refractivity contribution in [3.63, 3.8) is 0 Å². The molecule has 0 saturated heterocycles. The zero-order chi connectivity index (χ0) is 23.5. The van der Waals surface area contributed by atoms with Gasteiger partial charge in [-0.05, 0) is 44.9 Å². The van der Waals surface area contributed by atoms with Crippen molar-refractivity contribution in [1.29, 1.82) is 0 Å². The van der Waals surface area contributed by atoms with E-state index in [0.717, 1.165) is 25.7 Å². The quantitative estimate of drug-likeness (QED) is 0.110. The van der Waals surface area contributed by atoms with Gasteiger partial charge in [0.2, 0.25) is 0 Å². The number of aliphatic carboxylic acids is 1. The van der Waals surface area contributed by atoms with Crippen LogP contribution in [0.25, 0.3) is 0 Å².